The van der Waals surface area contributed by atoms with Crippen LogP contribution in [0.4, 0.5) is 0 Å². The van der Waals surface area contributed by atoms with Gasteiger partial charge in [-0.15, -0.1) is 0 Å². The molecule has 0 amide bonds. The third kappa shape index (κ3) is 1.94. The first-order chi connectivity index (χ1) is 6.55. The van der Waals surface area contributed by atoms with Crippen LogP contribution < -0.4 is 5.32 Å². The predicted octanol–water partition coefficient (Wildman–Crippen LogP) is -0.0579. The van der Waals surface area contributed by atoms with Gasteiger partial charge in [-0.2, -0.15) is 0 Å². The summed E-state index contributed by atoms with van der Waals surface area (Å²) in [6.45, 7) is 0.682. The van der Waals surface area contributed by atoms with Crippen molar-refractivity contribution in [2.75, 3.05) is 25.2 Å². The summed E-state index contributed by atoms with van der Waals surface area (Å²) in [6, 6.07) is 0.414. The summed E-state index contributed by atoms with van der Waals surface area (Å²) in [5.41, 5.74) is -0.370. The van der Waals surface area contributed by atoms with E-state index in [1.165, 1.54) is 0 Å². The second-order valence-electron chi connectivity index (χ2n) is 4.35. The third-order valence-electron chi connectivity index (χ3n) is 3.25. The topological polar surface area (TPSA) is 55.4 Å². The van der Waals surface area contributed by atoms with E-state index in [-0.39, 0.29) is 11.4 Å². The Morgan fingerprint density at radius 3 is 2.86 bits per heavy atom. The maximum Gasteiger partial charge on any atom is 0.153 e. The average molecular weight is 219 g/mol. The van der Waals surface area contributed by atoms with Gasteiger partial charge in [-0.25, -0.2) is 8.42 Å². The Morgan fingerprint density at radius 1 is 1.50 bits per heavy atom. The van der Waals surface area contributed by atoms with E-state index in [1.807, 2.05) is 7.05 Å². The van der Waals surface area contributed by atoms with Crippen LogP contribution in [-0.2, 0) is 14.6 Å². The van der Waals surface area contributed by atoms with Crippen molar-refractivity contribution in [3.63, 3.8) is 0 Å². The van der Waals surface area contributed by atoms with Gasteiger partial charge in [0.15, 0.2) is 9.84 Å². The summed E-state index contributed by atoms with van der Waals surface area (Å²) in [6.07, 6.45) is 2.49. The van der Waals surface area contributed by atoms with E-state index in [2.05, 4.69) is 5.32 Å². The molecule has 2 unspecified atom stereocenters. The van der Waals surface area contributed by atoms with Crippen molar-refractivity contribution in [1.29, 1.82) is 0 Å². The summed E-state index contributed by atoms with van der Waals surface area (Å²) in [7, 11) is -0.915. The van der Waals surface area contributed by atoms with Crippen molar-refractivity contribution >= 4 is 9.84 Å². The van der Waals surface area contributed by atoms with Gasteiger partial charge < -0.3 is 10.1 Å². The molecular weight excluding hydrogens is 202 g/mol. The Balaban J connectivity index is 2.10. The van der Waals surface area contributed by atoms with Crippen LogP contribution in [0.15, 0.2) is 0 Å². The molecule has 14 heavy (non-hydrogen) atoms. The number of ether oxygens (including phenoxy) is 1. The van der Waals surface area contributed by atoms with Gasteiger partial charge in [-0.3, -0.25) is 0 Å². The van der Waals surface area contributed by atoms with E-state index in [0.717, 1.165) is 12.8 Å². The number of nitrogens with one attached hydrogen (secondary N) is 1. The van der Waals surface area contributed by atoms with Crippen LogP contribution in [0.2, 0.25) is 0 Å². The largest absolute Gasteiger partial charge is 0.374 e. The van der Waals surface area contributed by atoms with E-state index in [9.17, 15) is 8.42 Å². The zero-order chi connectivity index (χ0) is 10.2. The van der Waals surface area contributed by atoms with Gasteiger partial charge >= 0.3 is 0 Å². The highest BCUT2D eigenvalue weighted by atomic mass is 32.2. The fraction of sp³-hybridized carbons (Fsp3) is 1.00. The second kappa shape index (κ2) is 3.47. The summed E-state index contributed by atoms with van der Waals surface area (Å²) >= 11 is 0. The zero-order valence-corrected chi connectivity index (χ0v) is 9.27. The molecule has 4 nitrogen and oxygen atoms in total. The summed E-state index contributed by atoms with van der Waals surface area (Å²) in [5.74, 6) is 0.515. The van der Waals surface area contributed by atoms with Gasteiger partial charge in [-0.1, -0.05) is 0 Å². The van der Waals surface area contributed by atoms with E-state index in [1.54, 1.807) is 0 Å². The Bertz CT molecular complexity index is 314. The molecule has 2 rings (SSSR count). The van der Waals surface area contributed by atoms with Crippen molar-refractivity contribution in [3.8, 4) is 0 Å². The smallest absolute Gasteiger partial charge is 0.153 e. The molecule has 2 aliphatic rings. The first kappa shape index (κ1) is 10.4. The molecule has 0 bridgehead atoms. The van der Waals surface area contributed by atoms with Crippen molar-refractivity contribution in [2.45, 2.75) is 30.9 Å². The van der Waals surface area contributed by atoms with Crippen LogP contribution in [0.25, 0.3) is 0 Å². The third-order valence-corrected chi connectivity index (χ3v) is 5.04. The minimum absolute atomic E-state index is 0.220. The minimum Gasteiger partial charge on any atom is -0.374 e. The Labute approximate surface area is 84.9 Å². The molecule has 2 heterocycles. The van der Waals surface area contributed by atoms with Gasteiger partial charge in [0.05, 0.1) is 17.1 Å². The van der Waals surface area contributed by atoms with Crippen LogP contribution >= 0.6 is 0 Å². The van der Waals surface area contributed by atoms with Gasteiger partial charge in [0.25, 0.3) is 0 Å². The molecule has 1 spiro atoms. The van der Waals surface area contributed by atoms with Crippen molar-refractivity contribution in [3.05, 3.63) is 0 Å². The number of hydrogen-bond donors (Lipinski definition) is 1. The Hall–Kier alpha value is -0.130. The number of sulfone groups is 1. The van der Waals surface area contributed by atoms with E-state index >= 15 is 0 Å². The van der Waals surface area contributed by atoms with Crippen LogP contribution in [-0.4, -0.2) is 45.2 Å². The normalized spacial score (nSPS) is 41.6. The minimum atomic E-state index is -2.84. The monoisotopic (exact) mass is 219 g/mol. The van der Waals surface area contributed by atoms with Gasteiger partial charge in [0.1, 0.15) is 0 Å². The van der Waals surface area contributed by atoms with E-state index < -0.39 is 9.84 Å². The lowest BCUT2D eigenvalue weighted by Gasteiger charge is -2.37. The molecule has 0 saturated carbocycles. The fourth-order valence-electron chi connectivity index (χ4n) is 2.44. The lowest BCUT2D eigenvalue weighted by atomic mass is 9.90. The molecule has 0 aromatic rings. The van der Waals surface area contributed by atoms with E-state index in [0.29, 0.717) is 24.8 Å². The lowest BCUT2D eigenvalue weighted by Crippen LogP contribution is -2.46. The van der Waals surface area contributed by atoms with Crippen LogP contribution in [0, 0.1) is 0 Å². The predicted molar refractivity (Wildman–Crippen MR) is 54.0 cm³/mol. The summed E-state index contributed by atoms with van der Waals surface area (Å²) in [4.78, 5) is 0. The first-order valence-electron chi connectivity index (χ1n) is 5.07. The Kier molecular flexibility index (Phi) is 2.57. The standard InChI is InChI=1S/C9H17NO3S/c1-10-8-2-4-13-9(6-8)3-5-14(11,12)7-9/h8,10H,2-7H2,1H3. The van der Waals surface area contributed by atoms with Crippen molar-refractivity contribution < 1.29 is 13.2 Å². The molecule has 0 aliphatic carbocycles. The number of rotatable bonds is 1. The summed E-state index contributed by atoms with van der Waals surface area (Å²) in [5, 5.41) is 3.21. The molecule has 5 heteroatoms. The molecular formula is C9H17NO3S. The molecule has 0 aromatic heterocycles. The maximum atomic E-state index is 11.4. The molecule has 2 atom stereocenters. The molecule has 82 valence electrons. The van der Waals surface area contributed by atoms with Crippen molar-refractivity contribution in [2.24, 2.45) is 0 Å². The van der Waals surface area contributed by atoms with Gasteiger partial charge in [-0.05, 0) is 26.3 Å². The van der Waals surface area contributed by atoms with E-state index in [4.69, 9.17) is 4.74 Å². The molecule has 0 aromatic carbocycles. The quantitative estimate of drug-likeness (QED) is 0.671. The number of hydrogen-bond acceptors (Lipinski definition) is 4. The SMILES string of the molecule is CNC1CCOC2(CCS(=O)(=O)C2)C1. The molecule has 2 aliphatic heterocycles. The molecule has 0 radical (unpaired) electrons. The van der Waals surface area contributed by atoms with Crippen LogP contribution in [0.1, 0.15) is 19.3 Å². The maximum absolute atomic E-state index is 11.4. The molecule has 2 fully saturated rings. The highest BCUT2D eigenvalue weighted by molar-refractivity contribution is 7.91. The highest BCUT2D eigenvalue weighted by Crippen LogP contribution is 2.35. The van der Waals surface area contributed by atoms with Crippen LogP contribution in [0.5, 0.6) is 0 Å². The first-order valence-corrected chi connectivity index (χ1v) is 6.89. The van der Waals surface area contributed by atoms with Crippen LogP contribution in [0.3, 0.4) is 0 Å². The zero-order valence-electron chi connectivity index (χ0n) is 8.45. The molecule has 2 saturated heterocycles. The summed E-state index contributed by atoms with van der Waals surface area (Å²) < 4.78 is 28.5. The van der Waals surface area contributed by atoms with Crippen molar-refractivity contribution in [1.82, 2.24) is 5.32 Å². The lowest BCUT2D eigenvalue weighted by molar-refractivity contribution is -0.0694. The van der Waals surface area contributed by atoms with Gasteiger partial charge in [0.2, 0.25) is 0 Å². The van der Waals surface area contributed by atoms with Gasteiger partial charge in [0, 0.05) is 12.6 Å². The average Bonchev–Trinajstić information content (AvgIpc) is 2.42. The molecule has 1 N–H and O–H groups in total. The highest BCUT2D eigenvalue weighted by Gasteiger charge is 2.46. The fourth-order valence-corrected chi connectivity index (χ4v) is 4.41. The Morgan fingerprint density at radius 2 is 2.29 bits per heavy atom. The second-order valence-corrected chi connectivity index (χ2v) is 6.54.